The van der Waals surface area contributed by atoms with Crippen LogP contribution in [0, 0.1) is 17.8 Å². The molecule has 1 aromatic heterocycles. The number of hydrogen-bond acceptors (Lipinski definition) is 7. The maximum Gasteiger partial charge on any atom is 0.405 e. The highest BCUT2D eigenvalue weighted by molar-refractivity contribution is 5.99. The van der Waals surface area contributed by atoms with Gasteiger partial charge in [-0.2, -0.15) is 5.10 Å². The van der Waals surface area contributed by atoms with Gasteiger partial charge in [0.25, 0.3) is 5.91 Å². The molecule has 6 rings (SSSR count). The van der Waals surface area contributed by atoms with E-state index in [9.17, 15) is 14.4 Å². The highest BCUT2D eigenvalue weighted by Crippen LogP contribution is 2.57. The van der Waals surface area contributed by atoms with Crippen molar-refractivity contribution in [2.45, 2.75) is 70.1 Å². The molecule has 11 heteroatoms. The predicted molar refractivity (Wildman–Crippen MR) is 137 cm³/mol. The van der Waals surface area contributed by atoms with Crippen LogP contribution < -0.4 is 21.3 Å². The first-order valence-corrected chi connectivity index (χ1v) is 13.2. The van der Waals surface area contributed by atoms with Crippen molar-refractivity contribution in [2.24, 2.45) is 23.5 Å². The Morgan fingerprint density at radius 2 is 1.86 bits per heavy atom. The van der Waals surface area contributed by atoms with Crippen LogP contribution in [0.15, 0.2) is 12.3 Å². The minimum Gasteiger partial charge on any atom is -0.443 e. The number of nitrogens with zero attached hydrogens (tertiary/aromatic N) is 3. The third-order valence-corrected chi connectivity index (χ3v) is 8.29. The summed E-state index contributed by atoms with van der Waals surface area (Å²) in [6.07, 6.45) is 8.98. The Bertz CT molecular complexity index is 1080. The first kappa shape index (κ1) is 25.6. The number of aromatic nitrogens is 2. The number of hydrogen-bond donors (Lipinski definition) is 3. The summed E-state index contributed by atoms with van der Waals surface area (Å²) in [6, 6.07) is 0.0313. The van der Waals surface area contributed by atoms with E-state index in [1.807, 2.05) is 19.9 Å². The Morgan fingerprint density at radius 3 is 2.49 bits per heavy atom. The molecule has 4 aliphatic carbocycles. The average Bonchev–Trinajstić information content (AvgIpc) is 3.23. The lowest BCUT2D eigenvalue weighted by Gasteiger charge is -2.58. The average molecular weight is 515 g/mol. The highest BCUT2D eigenvalue weighted by atomic mass is 16.6. The van der Waals surface area contributed by atoms with E-state index in [2.05, 4.69) is 20.6 Å². The first-order chi connectivity index (χ1) is 17.5. The number of carbonyl (C=O) groups excluding carboxylic acids is 3. The van der Waals surface area contributed by atoms with E-state index in [1.165, 1.54) is 6.92 Å². The standard InChI is InChI=1S/C26H38N6O5/c1-16(33)30-25(2,3)4-5-32-23(31-6-8-36-9-7-31)20(15-28-32)22(34)29-21-18-10-17-11-19(21)14-26(12-17,13-18)37-24(27)35/h4-5,15,17-19,21H,6-14H2,1-3H3,(H2,27,35)(H,29,34)(H,30,33)/b5-4+/t17?,18?,19?,21-,26-. The molecule has 1 aromatic rings. The third kappa shape index (κ3) is 5.32. The molecule has 0 radical (unpaired) electrons. The molecular weight excluding hydrogens is 476 g/mol. The lowest BCUT2D eigenvalue weighted by molar-refractivity contribution is -0.137. The van der Waals surface area contributed by atoms with E-state index >= 15 is 0 Å². The molecule has 2 heterocycles. The number of anilines is 1. The second kappa shape index (κ2) is 9.66. The Labute approximate surface area is 217 Å². The second-order valence-electron chi connectivity index (χ2n) is 11.7. The van der Waals surface area contributed by atoms with E-state index in [0.29, 0.717) is 43.6 Å². The molecule has 3 amide bonds. The van der Waals surface area contributed by atoms with Crippen molar-refractivity contribution in [2.75, 3.05) is 31.2 Å². The SMILES string of the molecule is CC(=O)NC(C)(C)/C=C/n1ncc(C(=O)N[C@H]2C3CC4CC2C[C@](OC(N)=O)(C4)C3)c1N1CCOCC1. The summed E-state index contributed by atoms with van der Waals surface area (Å²) in [5.74, 6) is 1.47. The molecule has 202 valence electrons. The van der Waals surface area contributed by atoms with Gasteiger partial charge in [-0.3, -0.25) is 9.59 Å². The fourth-order valence-electron chi connectivity index (χ4n) is 7.22. The van der Waals surface area contributed by atoms with E-state index < -0.39 is 17.2 Å². The topological polar surface area (TPSA) is 141 Å². The maximum absolute atomic E-state index is 13.7. The molecule has 5 fully saturated rings. The molecule has 5 aliphatic rings. The summed E-state index contributed by atoms with van der Waals surface area (Å²) in [5.41, 5.74) is 4.85. The van der Waals surface area contributed by atoms with Crippen molar-refractivity contribution in [3.05, 3.63) is 17.8 Å². The normalized spacial score (nSPS) is 30.9. The van der Waals surface area contributed by atoms with Gasteiger partial charge in [0.1, 0.15) is 17.0 Å². The zero-order valence-corrected chi connectivity index (χ0v) is 21.9. The molecule has 2 atom stereocenters. The molecule has 1 aliphatic heterocycles. The van der Waals surface area contributed by atoms with Crippen molar-refractivity contribution < 1.29 is 23.9 Å². The van der Waals surface area contributed by atoms with Gasteiger partial charge in [-0.15, -0.1) is 0 Å². The molecule has 4 N–H and O–H groups in total. The van der Waals surface area contributed by atoms with Crippen molar-refractivity contribution in [1.82, 2.24) is 20.4 Å². The van der Waals surface area contributed by atoms with E-state index in [1.54, 1.807) is 17.1 Å². The summed E-state index contributed by atoms with van der Waals surface area (Å²) >= 11 is 0. The number of carbonyl (C=O) groups is 3. The fourth-order valence-corrected chi connectivity index (χ4v) is 7.22. The van der Waals surface area contributed by atoms with E-state index in [4.69, 9.17) is 15.2 Å². The molecule has 37 heavy (non-hydrogen) atoms. The van der Waals surface area contributed by atoms with Crippen LogP contribution in [0.25, 0.3) is 6.20 Å². The Kier molecular flexibility index (Phi) is 6.68. The van der Waals surface area contributed by atoms with Crippen LogP contribution >= 0.6 is 0 Å². The van der Waals surface area contributed by atoms with Gasteiger partial charge in [0.15, 0.2) is 0 Å². The van der Waals surface area contributed by atoms with Crippen LogP contribution in [0.3, 0.4) is 0 Å². The molecule has 2 unspecified atom stereocenters. The Morgan fingerprint density at radius 1 is 1.19 bits per heavy atom. The largest absolute Gasteiger partial charge is 0.443 e. The molecule has 0 spiro atoms. The lowest BCUT2D eigenvalue weighted by Crippen LogP contribution is -2.63. The molecule has 0 aromatic carbocycles. The molecule has 11 nitrogen and oxygen atoms in total. The summed E-state index contributed by atoms with van der Waals surface area (Å²) < 4.78 is 12.9. The van der Waals surface area contributed by atoms with Gasteiger partial charge in [0, 0.05) is 32.3 Å². The van der Waals surface area contributed by atoms with E-state index in [0.717, 1.165) is 32.1 Å². The zero-order chi connectivity index (χ0) is 26.4. The number of ether oxygens (including phenoxy) is 2. The summed E-state index contributed by atoms with van der Waals surface area (Å²) in [5, 5.41) is 10.8. The van der Waals surface area contributed by atoms with Gasteiger partial charge in [0.05, 0.1) is 24.9 Å². The first-order valence-electron chi connectivity index (χ1n) is 13.2. The van der Waals surface area contributed by atoms with Crippen molar-refractivity contribution in [3.63, 3.8) is 0 Å². The Hall–Kier alpha value is -3.08. The fraction of sp³-hybridized carbons (Fsp3) is 0.692. The van der Waals surface area contributed by atoms with Crippen LogP contribution in [-0.2, 0) is 14.3 Å². The molecule has 4 bridgehead atoms. The van der Waals surface area contributed by atoms with Crippen LogP contribution in [0.1, 0.15) is 63.2 Å². The smallest absolute Gasteiger partial charge is 0.405 e. The third-order valence-electron chi connectivity index (χ3n) is 8.29. The van der Waals surface area contributed by atoms with Crippen LogP contribution in [0.2, 0.25) is 0 Å². The summed E-state index contributed by atoms with van der Waals surface area (Å²) in [4.78, 5) is 39.0. The Balaban J connectivity index is 1.37. The highest BCUT2D eigenvalue weighted by Gasteiger charge is 2.57. The number of nitrogens with two attached hydrogens (primary N) is 1. The summed E-state index contributed by atoms with van der Waals surface area (Å²) in [6.45, 7) is 7.73. The van der Waals surface area contributed by atoms with Crippen LogP contribution in [-0.4, -0.2) is 71.2 Å². The van der Waals surface area contributed by atoms with Crippen molar-refractivity contribution >= 4 is 29.9 Å². The maximum atomic E-state index is 13.7. The quantitative estimate of drug-likeness (QED) is 0.504. The second-order valence-corrected chi connectivity index (χ2v) is 11.7. The number of rotatable bonds is 7. The van der Waals surface area contributed by atoms with Crippen LogP contribution in [0.5, 0.6) is 0 Å². The molecule has 1 saturated heterocycles. The monoisotopic (exact) mass is 514 g/mol. The minimum atomic E-state index is -0.708. The number of primary amides is 1. The van der Waals surface area contributed by atoms with Gasteiger partial charge in [0.2, 0.25) is 5.91 Å². The summed E-state index contributed by atoms with van der Waals surface area (Å²) in [7, 11) is 0. The number of nitrogens with one attached hydrogen (secondary N) is 2. The van der Waals surface area contributed by atoms with Gasteiger partial charge >= 0.3 is 6.09 Å². The number of amides is 3. The van der Waals surface area contributed by atoms with Crippen molar-refractivity contribution in [3.8, 4) is 0 Å². The lowest BCUT2D eigenvalue weighted by atomic mass is 9.52. The number of morpholine rings is 1. The van der Waals surface area contributed by atoms with Gasteiger partial charge in [-0.25, -0.2) is 9.48 Å². The molecule has 4 saturated carbocycles. The van der Waals surface area contributed by atoms with Gasteiger partial charge in [-0.05, 0) is 69.8 Å². The zero-order valence-electron chi connectivity index (χ0n) is 21.9. The van der Waals surface area contributed by atoms with Gasteiger partial charge < -0.3 is 30.7 Å². The predicted octanol–water partition coefficient (Wildman–Crippen LogP) is 1.88. The molecular formula is C26H38N6O5. The van der Waals surface area contributed by atoms with Gasteiger partial charge in [-0.1, -0.05) is 0 Å². The van der Waals surface area contributed by atoms with Crippen LogP contribution in [0.4, 0.5) is 10.6 Å². The van der Waals surface area contributed by atoms with Crippen molar-refractivity contribution in [1.29, 1.82) is 0 Å². The minimum absolute atomic E-state index is 0.0313. The van der Waals surface area contributed by atoms with E-state index in [-0.39, 0.29) is 29.7 Å².